The lowest BCUT2D eigenvalue weighted by Gasteiger charge is -2.50. The molecule has 0 saturated heterocycles. The van der Waals surface area contributed by atoms with Gasteiger partial charge in [0.2, 0.25) is 0 Å². The third-order valence-electron chi connectivity index (χ3n) is 8.91. The van der Waals surface area contributed by atoms with Crippen molar-refractivity contribution in [2.75, 3.05) is 6.61 Å². The Bertz CT molecular complexity index is 723. The third-order valence-corrected chi connectivity index (χ3v) is 8.91. The van der Waals surface area contributed by atoms with Gasteiger partial charge in [0, 0.05) is 12.0 Å². The van der Waals surface area contributed by atoms with E-state index < -0.39 is 0 Å². The average Bonchev–Trinajstić information content (AvgIpc) is 3.04. The minimum atomic E-state index is 0.290. The molecule has 0 aromatic rings. The Labute approximate surface area is 172 Å². The Kier molecular flexibility index (Phi) is 5.51. The van der Waals surface area contributed by atoms with Crippen LogP contribution in [-0.4, -0.2) is 11.7 Å². The first-order chi connectivity index (χ1) is 13.4. The van der Waals surface area contributed by atoms with Crippen LogP contribution < -0.4 is 0 Å². The molecule has 2 fully saturated rings. The van der Waals surface area contributed by atoms with Crippen molar-refractivity contribution in [1.29, 1.82) is 0 Å². The molecule has 0 spiro atoms. The number of aliphatic hydroxyl groups excluding tert-OH is 1. The molecule has 0 radical (unpaired) electrons. The Balaban J connectivity index is 1.57. The summed E-state index contributed by atoms with van der Waals surface area (Å²) in [6.45, 7) is 9.94. The van der Waals surface area contributed by atoms with Gasteiger partial charge in [-0.3, -0.25) is 0 Å². The Morgan fingerprint density at radius 3 is 2.79 bits per heavy atom. The Morgan fingerprint density at radius 2 is 2.00 bits per heavy atom. The number of hydrogen-bond donors (Lipinski definition) is 1. The van der Waals surface area contributed by atoms with Crippen LogP contribution in [0.3, 0.4) is 0 Å². The van der Waals surface area contributed by atoms with E-state index in [1.54, 1.807) is 16.7 Å². The van der Waals surface area contributed by atoms with Crippen molar-refractivity contribution in [2.24, 2.45) is 34.5 Å². The highest BCUT2D eigenvalue weighted by Gasteiger charge is 2.53. The van der Waals surface area contributed by atoms with Gasteiger partial charge in [-0.1, -0.05) is 70.1 Å². The van der Waals surface area contributed by atoms with E-state index in [9.17, 15) is 5.11 Å². The van der Waals surface area contributed by atoms with Crippen LogP contribution in [0.1, 0.15) is 79.1 Å². The van der Waals surface area contributed by atoms with Crippen molar-refractivity contribution in [2.45, 2.75) is 79.1 Å². The normalized spacial score (nSPS) is 39.4. The van der Waals surface area contributed by atoms with Gasteiger partial charge in [0.15, 0.2) is 0 Å². The summed E-state index contributed by atoms with van der Waals surface area (Å²) in [5.41, 5.74) is 5.81. The SMILES string of the molecule is CC(CO)CC=C[C@@H](C)[C@H]1CC[C@H]2C3=CC=C4CCCC[C@]4(C)C3=CC[C@]12C. The average molecular weight is 381 g/mol. The largest absolute Gasteiger partial charge is 0.396 e. The first-order valence-electron chi connectivity index (χ1n) is 11.8. The maximum absolute atomic E-state index is 9.27. The summed E-state index contributed by atoms with van der Waals surface area (Å²) in [6.07, 6.45) is 22.8. The summed E-state index contributed by atoms with van der Waals surface area (Å²) in [5, 5.41) is 9.27. The number of fused-ring (bicyclic) bond motifs is 5. The molecule has 1 nitrogen and oxygen atoms in total. The number of rotatable bonds is 5. The maximum atomic E-state index is 9.27. The highest BCUT2D eigenvalue weighted by atomic mass is 16.3. The summed E-state index contributed by atoms with van der Waals surface area (Å²) in [5.74, 6) is 2.50. The number of hydrogen-bond acceptors (Lipinski definition) is 1. The molecule has 154 valence electrons. The zero-order valence-electron chi connectivity index (χ0n) is 18.5. The molecule has 4 aliphatic carbocycles. The molecule has 0 heterocycles. The summed E-state index contributed by atoms with van der Waals surface area (Å²) in [7, 11) is 0. The quantitative estimate of drug-likeness (QED) is 0.509. The zero-order valence-corrected chi connectivity index (χ0v) is 18.5. The Morgan fingerprint density at radius 1 is 1.18 bits per heavy atom. The van der Waals surface area contributed by atoms with Crippen LogP contribution in [-0.2, 0) is 0 Å². The summed E-state index contributed by atoms with van der Waals surface area (Å²) in [4.78, 5) is 0. The van der Waals surface area contributed by atoms with Gasteiger partial charge in [0.25, 0.3) is 0 Å². The van der Waals surface area contributed by atoms with Crippen LogP contribution in [0.4, 0.5) is 0 Å². The second kappa shape index (κ2) is 7.63. The van der Waals surface area contributed by atoms with Gasteiger partial charge < -0.3 is 5.11 Å². The van der Waals surface area contributed by atoms with Crippen LogP contribution >= 0.6 is 0 Å². The van der Waals surface area contributed by atoms with Crippen molar-refractivity contribution in [3.05, 3.63) is 47.1 Å². The minimum Gasteiger partial charge on any atom is -0.396 e. The number of allylic oxidation sites excluding steroid dienone is 8. The van der Waals surface area contributed by atoms with E-state index in [-0.39, 0.29) is 6.61 Å². The van der Waals surface area contributed by atoms with E-state index >= 15 is 0 Å². The lowest BCUT2D eigenvalue weighted by Crippen LogP contribution is -2.39. The van der Waals surface area contributed by atoms with Crippen molar-refractivity contribution in [3.8, 4) is 0 Å². The molecule has 0 aliphatic heterocycles. The first kappa shape index (κ1) is 20.2. The minimum absolute atomic E-state index is 0.290. The highest BCUT2D eigenvalue weighted by molar-refractivity contribution is 5.53. The fourth-order valence-corrected chi connectivity index (χ4v) is 7.04. The fraction of sp³-hybridized carbons (Fsp3) is 0.704. The second-order valence-corrected chi connectivity index (χ2v) is 10.7. The predicted molar refractivity (Wildman–Crippen MR) is 119 cm³/mol. The fourth-order valence-electron chi connectivity index (χ4n) is 7.04. The van der Waals surface area contributed by atoms with Gasteiger partial charge in [-0.25, -0.2) is 0 Å². The first-order valence-corrected chi connectivity index (χ1v) is 11.8. The van der Waals surface area contributed by atoms with Gasteiger partial charge in [0.1, 0.15) is 0 Å². The zero-order chi connectivity index (χ0) is 19.9. The van der Waals surface area contributed by atoms with E-state index in [4.69, 9.17) is 0 Å². The molecule has 2 saturated carbocycles. The van der Waals surface area contributed by atoms with Gasteiger partial charge in [0.05, 0.1) is 0 Å². The topological polar surface area (TPSA) is 20.2 Å². The van der Waals surface area contributed by atoms with E-state index in [0.29, 0.717) is 22.7 Å². The Hall–Kier alpha value is -1.08. The smallest absolute Gasteiger partial charge is 0.0459 e. The molecular formula is C27H40O. The molecule has 0 bridgehead atoms. The standard InChI is InChI=1S/C27H40O/c1-19(18-28)8-7-9-20(2)23-13-14-24-22-12-11-21-10-5-6-16-26(21,3)25(22)15-17-27(23,24)4/h7,9,11-12,15,19-20,23-24,28H,5-6,8,10,13-14,16-18H2,1-4H3/t19?,20-,23-,24+,26+,27-/m1/s1. The van der Waals surface area contributed by atoms with E-state index in [1.807, 2.05) is 0 Å². The summed E-state index contributed by atoms with van der Waals surface area (Å²) >= 11 is 0. The van der Waals surface area contributed by atoms with E-state index in [2.05, 4.69) is 58.1 Å². The van der Waals surface area contributed by atoms with Crippen molar-refractivity contribution >= 4 is 0 Å². The molecule has 0 aromatic carbocycles. The monoisotopic (exact) mass is 380 g/mol. The maximum Gasteiger partial charge on any atom is 0.0459 e. The lowest BCUT2D eigenvalue weighted by molar-refractivity contribution is 0.141. The molecule has 4 aliphatic rings. The number of aliphatic hydroxyl groups is 1. The second-order valence-electron chi connectivity index (χ2n) is 10.7. The van der Waals surface area contributed by atoms with Gasteiger partial charge in [-0.05, 0) is 85.2 Å². The van der Waals surface area contributed by atoms with Crippen LogP contribution in [0, 0.1) is 34.5 Å². The summed E-state index contributed by atoms with van der Waals surface area (Å²) in [6, 6.07) is 0. The molecular weight excluding hydrogens is 340 g/mol. The molecule has 1 N–H and O–H groups in total. The van der Waals surface area contributed by atoms with Crippen LogP contribution in [0.15, 0.2) is 47.1 Å². The van der Waals surface area contributed by atoms with Gasteiger partial charge in [-0.15, -0.1) is 0 Å². The molecule has 1 unspecified atom stereocenters. The molecule has 0 amide bonds. The predicted octanol–water partition coefficient (Wildman–Crippen LogP) is 7.01. The summed E-state index contributed by atoms with van der Waals surface area (Å²) < 4.78 is 0. The molecule has 0 aromatic heterocycles. The lowest BCUT2D eigenvalue weighted by atomic mass is 9.54. The molecule has 6 atom stereocenters. The van der Waals surface area contributed by atoms with E-state index in [0.717, 1.165) is 18.3 Å². The van der Waals surface area contributed by atoms with Crippen molar-refractivity contribution < 1.29 is 5.11 Å². The van der Waals surface area contributed by atoms with E-state index in [1.165, 1.54) is 44.9 Å². The van der Waals surface area contributed by atoms with Gasteiger partial charge in [-0.2, -0.15) is 0 Å². The van der Waals surface area contributed by atoms with Crippen LogP contribution in [0.5, 0.6) is 0 Å². The van der Waals surface area contributed by atoms with Crippen molar-refractivity contribution in [1.82, 2.24) is 0 Å². The van der Waals surface area contributed by atoms with Crippen molar-refractivity contribution in [3.63, 3.8) is 0 Å². The molecule has 4 rings (SSSR count). The van der Waals surface area contributed by atoms with Crippen LogP contribution in [0.25, 0.3) is 0 Å². The molecule has 1 heteroatoms. The highest BCUT2D eigenvalue weighted by Crippen LogP contribution is 2.63. The molecule has 28 heavy (non-hydrogen) atoms. The third kappa shape index (κ3) is 3.18. The van der Waals surface area contributed by atoms with Gasteiger partial charge >= 0.3 is 0 Å². The van der Waals surface area contributed by atoms with Crippen LogP contribution in [0.2, 0.25) is 0 Å².